The number of alkyl halides is 4. The van der Waals surface area contributed by atoms with Crippen LogP contribution in [0.2, 0.25) is 0 Å². The average molecular weight is 255 g/mol. The maximum absolute atomic E-state index is 12.6. The Morgan fingerprint density at radius 3 is 2.19 bits per heavy atom. The van der Waals surface area contributed by atoms with Gasteiger partial charge in [0.25, 0.3) is 0 Å². The molecule has 1 radical (unpaired) electrons. The molecule has 0 amide bonds. The highest BCUT2D eigenvalue weighted by atomic mass is 32.2. The van der Waals surface area contributed by atoms with E-state index >= 15 is 0 Å². The average Bonchev–Trinajstić information content (AvgIpc) is 2.17. The Morgan fingerprint density at radius 1 is 1.25 bits per heavy atom. The molecule has 0 fully saturated rings. The van der Waals surface area contributed by atoms with Crippen LogP contribution in [0.25, 0.3) is 0 Å². The van der Waals surface area contributed by atoms with Gasteiger partial charge in [-0.05, 0) is 18.2 Å². The summed E-state index contributed by atoms with van der Waals surface area (Å²) in [5, 5.41) is 0. The minimum absolute atomic E-state index is 0.424. The summed E-state index contributed by atoms with van der Waals surface area (Å²) in [5.41, 5.74) is 0. The van der Waals surface area contributed by atoms with Gasteiger partial charge in [-0.1, -0.05) is 12.1 Å². The third kappa shape index (κ3) is 2.94. The third-order valence-electron chi connectivity index (χ3n) is 1.75. The van der Waals surface area contributed by atoms with Gasteiger partial charge in [0.05, 0.1) is 4.90 Å². The third-order valence-corrected chi connectivity index (χ3v) is 3.50. The Hall–Kier alpha value is -1.11. The van der Waals surface area contributed by atoms with E-state index in [4.69, 9.17) is 0 Å². The van der Waals surface area contributed by atoms with Gasteiger partial charge < -0.3 is 0 Å². The van der Waals surface area contributed by atoms with E-state index in [1.54, 1.807) is 0 Å². The van der Waals surface area contributed by atoms with Crippen LogP contribution in [0, 0.1) is 6.07 Å². The SMILES string of the molecule is O=S(=O)(CC(F)(F)C(F)F)c1cc[c]cc1. The second-order valence-electron chi connectivity index (χ2n) is 3.06. The van der Waals surface area contributed by atoms with Crippen molar-refractivity contribution in [1.82, 2.24) is 0 Å². The van der Waals surface area contributed by atoms with E-state index in [-0.39, 0.29) is 0 Å². The van der Waals surface area contributed by atoms with Crippen molar-refractivity contribution in [1.29, 1.82) is 0 Å². The van der Waals surface area contributed by atoms with Crippen LogP contribution < -0.4 is 0 Å². The molecule has 0 N–H and O–H groups in total. The molecule has 1 aromatic rings. The zero-order valence-corrected chi connectivity index (χ0v) is 8.65. The molecule has 0 aliphatic rings. The van der Waals surface area contributed by atoms with Crippen LogP contribution in [-0.4, -0.2) is 26.5 Å². The summed E-state index contributed by atoms with van der Waals surface area (Å²) in [5.74, 6) is -6.44. The van der Waals surface area contributed by atoms with E-state index in [1.807, 2.05) is 0 Å². The highest BCUT2D eigenvalue weighted by molar-refractivity contribution is 7.91. The van der Waals surface area contributed by atoms with Crippen molar-refractivity contribution >= 4 is 9.84 Å². The van der Waals surface area contributed by atoms with Crippen LogP contribution in [-0.2, 0) is 9.84 Å². The summed E-state index contributed by atoms with van der Waals surface area (Å²) in [4.78, 5) is -0.424. The van der Waals surface area contributed by atoms with Gasteiger partial charge in [-0.2, -0.15) is 8.78 Å². The maximum atomic E-state index is 12.6. The number of halogens is 4. The van der Waals surface area contributed by atoms with E-state index in [9.17, 15) is 26.0 Å². The first-order chi connectivity index (χ1) is 7.26. The molecule has 0 spiro atoms. The second-order valence-corrected chi connectivity index (χ2v) is 5.05. The van der Waals surface area contributed by atoms with Gasteiger partial charge >= 0.3 is 12.3 Å². The minimum Gasteiger partial charge on any atom is -0.223 e. The lowest BCUT2D eigenvalue weighted by Gasteiger charge is -2.14. The Bertz CT molecular complexity index is 442. The minimum atomic E-state index is -4.54. The van der Waals surface area contributed by atoms with Crippen molar-refractivity contribution in [3.05, 3.63) is 30.3 Å². The molecule has 0 aliphatic carbocycles. The van der Waals surface area contributed by atoms with Crippen LogP contribution in [0.3, 0.4) is 0 Å². The van der Waals surface area contributed by atoms with E-state index in [0.717, 1.165) is 12.1 Å². The molecule has 0 aliphatic heterocycles. The normalized spacial score (nSPS) is 13.1. The smallest absolute Gasteiger partial charge is 0.223 e. The standard InChI is InChI=1S/C9H7F4O2S/c10-8(11)9(12,13)6-16(14,15)7-4-2-1-3-5-7/h2-5,8H,6H2. The van der Waals surface area contributed by atoms with Crippen LogP contribution in [0.1, 0.15) is 0 Å². The first-order valence-electron chi connectivity index (χ1n) is 4.10. The highest BCUT2D eigenvalue weighted by Crippen LogP contribution is 2.27. The van der Waals surface area contributed by atoms with Gasteiger partial charge in [-0.15, -0.1) is 0 Å². The van der Waals surface area contributed by atoms with Crippen molar-refractivity contribution in [2.75, 3.05) is 5.75 Å². The van der Waals surface area contributed by atoms with Crippen molar-refractivity contribution < 1.29 is 26.0 Å². The molecule has 0 saturated carbocycles. The Balaban J connectivity index is 2.98. The molecule has 0 aromatic heterocycles. The first-order valence-corrected chi connectivity index (χ1v) is 5.76. The second kappa shape index (κ2) is 4.40. The largest absolute Gasteiger partial charge is 0.321 e. The lowest BCUT2D eigenvalue weighted by atomic mass is 10.4. The fourth-order valence-corrected chi connectivity index (χ4v) is 2.33. The maximum Gasteiger partial charge on any atom is 0.321 e. The van der Waals surface area contributed by atoms with Crippen molar-refractivity contribution in [3.8, 4) is 0 Å². The quantitative estimate of drug-likeness (QED) is 0.773. The van der Waals surface area contributed by atoms with Crippen molar-refractivity contribution in [3.63, 3.8) is 0 Å². The predicted octanol–water partition coefficient (Wildman–Crippen LogP) is 2.16. The predicted molar refractivity (Wildman–Crippen MR) is 48.3 cm³/mol. The fourth-order valence-electron chi connectivity index (χ4n) is 0.979. The summed E-state index contributed by atoms with van der Waals surface area (Å²) in [7, 11) is -4.41. The fraction of sp³-hybridized carbons (Fsp3) is 0.333. The van der Waals surface area contributed by atoms with E-state index in [1.165, 1.54) is 12.1 Å². The van der Waals surface area contributed by atoms with Gasteiger partial charge in [0.15, 0.2) is 9.84 Å². The molecular weight excluding hydrogens is 248 g/mol. The summed E-state index contributed by atoms with van der Waals surface area (Å²) in [6.07, 6.45) is -4.00. The van der Waals surface area contributed by atoms with Crippen LogP contribution in [0.15, 0.2) is 29.2 Å². The number of hydrogen-bond donors (Lipinski definition) is 0. The van der Waals surface area contributed by atoms with Crippen LogP contribution in [0.4, 0.5) is 17.6 Å². The monoisotopic (exact) mass is 255 g/mol. The molecule has 0 heterocycles. The molecule has 89 valence electrons. The van der Waals surface area contributed by atoms with E-state index < -0.39 is 32.8 Å². The molecular formula is C9H7F4O2S. The van der Waals surface area contributed by atoms with E-state index in [2.05, 4.69) is 6.07 Å². The summed E-state index contributed by atoms with van der Waals surface area (Å²) in [6.45, 7) is 0. The number of sulfone groups is 1. The Morgan fingerprint density at radius 2 is 1.75 bits per heavy atom. The molecule has 0 unspecified atom stereocenters. The lowest BCUT2D eigenvalue weighted by molar-refractivity contribution is -0.110. The van der Waals surface area contributed by atoms with Crippen molar-refractivity contribution in [2.24, 2.45) is 0 Å². The summed E-state index contributed by atoms with van der Waals surface area (Å²) < 4.78 is 71.5. The molecule has 1 aromatic carbocycles. The molecule has 16 heavy (non-hydrogen) atoms. The van der Waals surface area contributed by atoms with Crippen LogP contribution >= 0.6 is 0 Å². The molecule has 1 rings (SSSR count). The van der Waals surface area contributed by atoms with E-state index in [0.29, 0.717) is 0 Å². The number of hydrogen-bond acceptors (Lipinski definition) is 2. The Kier molecular flexibility index (Phi) is 3.57. The summed E-state index contributed by atoms with van der Waals surface area (Å²) in [6, 6.07) is 6.94. The molecule has 0 bridgehead atoms. The van der Waals surface area contributed by atoms with Crippen molar-refractivity contribution in [2.45, 2.75) is 17.2 Å². The number of benzene rings is 1. The summed E-state index contributed by atoms with van der Waals surface area (Å²) >= 11 is 0. The highest BCUT2D eigenvalue weighted by Gasteiger charge is 2.45. The zero-order valence-electron chi connectivity index (χ0n) is 7.83. The Labute approximate surface area is 89.8 Å². The lowest BCUT2D eigenvalue weighted by Crippen LogP contribution is -2.35. The van der Waals surface area contributed by atoms with Gasteiger partial charge in [0.1, 0.15) is 5.75 Å². The molecule has 7 heteroatoms. The first kappa shape index (κ1) is 13.0. The zero-order chi connectivity index (χ0) is 12.4. The molecule has 0 saturated heterocycles. The van der Waals surface area contributed by atoms with Gasteiger partial charge in [0.2, 0.25) is 0 Å². The van der Waals surface area contributed by atoms with Crippen LogP contribution in [0.5, 0.6) is 0 Å². The van der Waals surface area contributed by atoms with Gasteiger partial charge in [-0.3, -0.25) is 0 Å². The topological polar surface area (TPSA) is 34.1 Å². The number of rotatable bonds is 4. The molecule has 2 nitrogen and oxygen atoms in total. The van der Waals surface area contributed by atoms with Gasteiger partial charge in [-0.25, -0.2) is 17.2 Å². The van der Waals surface area contributed by atoms with Gasteiger partial charge in [0, 0.05) is 0 Å². The molecule has 0 atom stereocenters.